The van der Waals surface area contributed by atoms with Gasteiger partial charge in [-0.25, -0.2) is 0 Å². The number of hydrogen-bond acceptors (Lipinski definition) is 6. The minimum Gasteiger partial charge on any atom is -0.492 e. The Balaban J connectivity index is 1.54. The van der Waals surface area contributed by atoms with Crippen molar-refractivity contribution in [3.8, 4) is 5.75 Å². The summed E-state index contributed by atoms with van der Waals surface area (Å²) < 4.78 is 13.1. The molecule has 0 aliphatic carbocycles. The maximum Gasteiger partial charge on any atom is 0.251 e. The first kappa shape index (κ1) is 22.5. The van der Waals surface area contributed by atoms with E-state index >= 15 is 0 Å². The molecule has 0 spiro atoms. The van der Waals surface area contributed by atoms with E-state index in [1.807, 2.05) is 6.20 Å². The monoisotopic (exact) mass is 461 g/mol. The van der Waals surface area contributed by atoms with Gasteiger partial charge in [-0.15, -0.1) is 5.10 Å². The van der Waals surface area contributed by atoms with Crippen molar-refractivity contribution in [2.75, 3.05) is 26.8 Å². The number of methoxy groups -OCH3 is 1. The Kier molecular flexibility index (Phi) is 7.26. The second-order valence-corrected chi connectivity index (χ2v) is 8.56. The lowest BCUT2D eigenvalue weighted by atomic mass is 10.0. The first-order chi connectivity index (χ1) is 15.5. The average molecular weight is 462 g/mol. The molecule has 10 heteroatoms. The van der Waals surface area contributed by atoms with Crippen LogP contribution < -0.4 is 10.1 Å². The van der Waals surface area contributed by atoms with Gasteiger partial charge in [-0.2, -0.15) is 0 Å². The quantitative estimate of drug-likeness (QED) is 0.698. The number of amides is 2. The molecule has 1 aromatic carbocycles. The van der Waals surface area contributed by atoms with Crippen molar-refractivity contribution in [2.24, 2.45) is 0 Å². The Labute approximate surface area is 192 Å². The van der Waals surface area contributed by atoms with Crippen LogP contribution >= 0.6 is 11.6 Å². The van der Waals surface area contributed by atoms with E-state index in [4.69, 9.17) is 21.1 Å². The van der Waals surface area contributed by atoms with Crippen LogP contribution in [0, 0.1) is 0 Å². The average Bonchev–Trinajstić information content (AvgIpc) is 3.24. The SMILES string of the molecule is CO[C@@H]1CCN2C[C@@H]1NC(=O)c1ccc(c(Cl)c1)OCCCn1cc(nn1)CCCC2=O. The van der Waals surface area contributed by atoms with Crippen molar-refractivity contribution in [2.45, 2.75) is 50.8 Å². The van der Waals surface area contributed by atoms with E-state index in [1.165, 1.54) is 0 Å². The molecule has 0 saturated carbocycles. The van der Waals surface area contributed by atoms with Crippen molar-refractivity contribution in [1.82, 2.24) is 25.2 Å². The van der Waals surface area contributed by atoms with E-state index in [0.717, 1.165) is 12.1 Å². The molecule has 0 radical (unpaired) electrons. The molecule has 5 rings (SSSR count). The van der Waals surface area contributed by atoms with Crippen LogP contribution in [-0.2, 0) is 22.5 Å². The van der Waals surface area contributed by atoms with Crippen LogP contribution in [0.1, 0.15) is 41.7 Å². The molecule has 2 amide bonds. The molecule has 0 unspecified atom stereocenters. The van der Waals surface area contributed by atoms with Gasteiger partial charge in [0.1, 0.15) is 5.75 Å². The summed E-state index contributed by atoms with van der Waals surface area (Å²) in [6, 6.07) is 4.69. The molecule has 1 aromatic heterocycles. The summed E-state index contributed by atoms with van der Waals surface area (Å²) in [6.45, 7) is 2.15. The zero-order chi connectivity index (χ0) is 22.5. The molecular formula is C22H28ClN5O4. The molecule has 6 bridgehead atoms. The highest BCUT2D eigenvalue weighted by Crippen LogP contribution is 2.26. The third-order valence-corrected chi connectivity index (χ3v) is 6.21. The van der Waals surface area contributed by atoms with Crippen molar-refractivity contribution < 1.29 is 19.1 Å². The maximum atomic E-state index is 12.9. The van der Waals surface area contributed by atoms with Gasteiger partial charge in [0.15, 0.2) is 0 Å². The zero-order valence-corrected chi connectivity index (χ0v) is 18.9. The smallest absolute Gasteiger partial charge is 0.251 e. The minimum absolute atomic E-state index is 0.0742. The van der Waals surface area contributed by atoms with Crippen molar-refractivity contribution in [3.63, 3.8) is 0 Å². The Bertz CT molecular complexity index is 966. The zero-order valence-electron chi connectivity index (χ0n) is 18.1. The van der Waals surface area contributed by atoms with E-state index in [2.05, 4.69) is 15.6 Å². The van der Waals surface area contributed by atoms with E-state index < -0.39 is 0 Å². The van der Waals surface area contributed by atoms with Gasteiger partial charge in [-0.1, -0.05) is 16.8 Å². The highest BCUT2D eigenvalue weighted by atomic mass is 35.5. The number of piperidine rings is 1. The predicted molar refractivity (Wildman–Crippen MR) is 118 cm³/mol. The summed E-state index contributed by atoms with van der Waals surface area (Å²) in [5.41, 5.74) is 1.31. The fourth-order valence-electron chi connectivity index (χ4n) is 4.14. The van der Waals surface area contributed by atoms with Crippen LogP contribution in [0.5, 0.6) is 5.75 Å². The van der Waals surface area contributed by atoms with Crippen molar-refractivity contribution >= 4 is 23.4 Å². The fraction of sp³-hybridized carbons (Fsp3) is 0.545. The summed E-state index contributed by atoms with van der Waals surface area (Å²) in [6.07, 6.45) is 4.97. The van der Waals surface area contributed by atoms with Crippen LogP contribution in [0.3, 0.4) is 0 Å². The molecule has 1 N–H and O–H groups in total. The van der Waals surface area contributed by atoms with Crippen molar-refractivity contribution in [3.05, 3.63) is 40.7 Å². The van der Waals surface area contributed by atoms with Gasteiger partial charge in [-0.3, -0.25) is 14.3 Å². The molecule has 1 saturated heterocycles. The normalized spacial score (nSPS) is 22.9. The van der Waals surface area contributed by atoms with Crippen molar-refractivity contribution in [1.29, 1.82) is 0 Å². The molecule has 3 aliphatic rings. The second kappa shape index (κ2) is 10.3. The van der Waals surface area contributed by atoms with Gasteiger partial charge in [0.05, 0.1) is 29.5 Å². The Morgan fingerprint density at radius 3 is 2.91 bits per heavy atom. The molecule has 32 heavy (non-hydrogen) atoms. The Morgan fingerprint density at radius 2 is 2.09 bits per heavy atom. The second-order valence-electron chi connectivity index (χ2n) is 8.16. The number of carbonyl (C=O) groups excluding carboxylic acids is 2. The van der Waals surface area contributed by atoms with Crippen LogP contribution in [-0.4, -0.2) is 70.7 Å². The minimum atomic E-state index is -0.301. The first-order valence-electron chi connectivity index (χ1n) is 11.0. The highest BCUT2D eigenvalue weighted by molar-refractivity contribution is 6.32. The fourth-order valence-corrected chi connectivity index (χ4v) is 4.37. The van der Waals surface area contributed by atoms with Crippen LogP contribution in [0.4, 0.5) is 0 Å². The van der Waals surface area contributed by atoms with Gasteiger partial charge >= 0.3 is 0 Å². The molecule has 1 fully saturated rings. The number of rotatable bonds is 1. The number of nitrogens with one attached hydrogen (secondary N) is 1. The summed E-state index contributed by atoms with van der Waals surface area (Å²) in [4.78, 5) is 27.5. The number of ether oxygens (including phenoxy) is 2. The third kappa shape index (κ3) is 5.39. The van der Waals surface area contributed by atoms with Gasteiger partial charge in [-0.05, 0) is 37.5 Å². The summed E-state index contributed by atoms with van der Waals surface area (Å²) in [5, 5.41) is 11.7. The van der Waals surface area contributed by atoms with Gasteiger partial charge in [0.25, 0.3) is 5.91 Å². The van der Waals surface area contributed by atoms with Gasteiger partial charge < -0.3 is 19.7 Å². The maximum absolute atomic E-state index is 12.9. The number of hydrogen-bond donors (Lipinski definition) is 1. The van der Waals surface area contributed by atoms with Crippen LogP contribution in [0.2, 0.25) is 5.02 Å². The molecule has 2 aromatic rings. The van der Waals surface area contributed by atoms with Gasteiger partial charge in [0, 0.05) is 51.3 Å². The molecule has 172 valence electrons. The largest absolute Gasteiger partial charge is 0.492 e. The highest BCUT2D eigenvalue weighted by Gasteiger charge is 2.32. The number of aromatic nitrogens is 3. The first-order valence-corrected chi connectivity index (χ1v) is 11.3. The number of halogens is 1. The molecule has 4 heterocycles. The lowest BCUT2D eigenvalue weighted by molar-refractivity contribution is -0.134. The number of fused-ring (bicyclic) bond motifs is 9. The van der Waals surface area contributed by atoms with E-state index in [9.17, 15) is 9.59 Å². The van der Waals surface area contributed by atoms with E-state index in [0.29, 0.717) is 68.3 Å². The molecule has 2 atom stereocenters. The number of aryl methyl sites for hydroxylation is 2. The number of benzene rings is 1. The molecular weight excluding hydrogens is 434 g/mol. The Hall–Kier alpha value is -2.65. The Morgan fingerprint density at radius 1 is 1.22 bits per heavy atom. The number of nitrogens with zero attached hydrogens (tertiary/aromatic N) is 4. The summed E-state index contributed by atoms with van der Waals surface area (Å²) >= 11 is 6.35. The van der Waals surface area contributed by atoms with E-state index in [-0.39, 0.29) is 24.0 Å². The number of carbonyl (C=O) groups is 2. The van der Waals surface area contributed by atoms with E-state index in [1.54, 1.807) is 34.9 Å². The predicted octanol–water partition coefficient (Wildman–Crippen LogP) is 2.08. The molecule has 3 aliphatic heterocycles. The summed E-state index contributed by atoms with van der Waals surface area (Å²) in [7, 11) is 1.63. The third-order valence-electron chi connectivity index (χ3n) is 5.91. The van der Waals surface area contributed by atoms with Gasteiger partial charge in [0.2, 0.25) is 5.91 Å². The summed E-state index contributed by atoms with van der Waals surface area (Å²) in [5.74, 6) is 0.347. The lowest BCUT2D eigenvalue weighted by Gasteiger charge is -2.38. The molecule has 9 nitrogen and oxygen atoms in total. The van der Waals surface area contributed by atoms with Crippen LogP contribution in [0.25, 0.3) is 0 Å². The lowest BCUT2D eigenvalue weighted by Crippen LogP contribution is -2.56. The standard InChI is InChI=1S/C22H28ClN5O4/c1-31-20-8-10-27-14-18(20)24-22(30)15-6-7-19(17(23)12-15)32-11-3-9-28-13-16(25-26-28)4-2-5-21(27)29/h6-7,12-13,18,20H,2-5,8-11,14H2,1H3,(H,24,30)/t18-,20+/m0/s1. The topological polar surface area (TPSA) is 98.6 Å². The van der Waals surface area contributed by atoms with Crippen LogP contribution in [0.15, 0.2) is 24.4 Å².